The van der Waals surface area contributed by atoms with Crippen LogP contribution in [-0.2, 0) is 4.79 Å². The molecule has 0 radical (unpaired) electrons. The molecular weight excluding hydrogens is 282 g/mol. The molecule has 2 amide bonds. The van der Waals surface area contributed by atoms with Crippen LogP contribution in [-0.4, -0.2) is 44.0 Å². The molecule has 1 fully saturated rings. The molecule has 0 bridgehead atoms. The molecule has 0 heterocycles. The summed E-state index contributed by atoms with van der Waals surface area (Å²) < 4.78 is 5.26. The Bertz CT molecular complexity index is 572. The number of nitrogens with one attached hydrogen (secondary N) is 1. The summed E-state index contributed by atoms with van der Waals surface area (Å²) >= 11 is 0. The van der Waals surface area contributed by atoms with Gasteiger partial charge >= 0.3 is 0 Å². The van der Waals surface area contributed by atoms with E-state index in [1.807, 2.05) is 0 Å². The molecule has 3 N–H and O–H groups in total. The maximum Gasteiger partial charge on any atom is 0.253 e. The van der Waals surface area contributed by atoms with Crippen molar-refractivity contribution in [2.75, 3.05) is 26.5 Å². The van der Waals surface area contributed by atoms with Crippen molar-refractivity contribution in [3.05, 3.63) is 23.8 Å². The fourth-order valence-electron chi connectivity index (χ4n) is 2.69. The fourth-order valence-corrected chi connectivity index (χ4v) is 2.69. The second-order valence-corrected chi connectivity index (χ2v) is 5.87. The standard InChI is InChI=1S/C16H23N3O3/c1-19(2)16(21)11-5-7-14(22-3)13(9-11)18-15(20)10-4-6-12(17)8-10/h5,7,9-10,12H,4,6,8,17H2,1-3H3,(H,18,20). The van der Waals surface area contributed by atoms with Gasteiger partial charge in [-0.25, -0.2) is 0 Å². The van der Waals surface area contributed by atoms with Crippen LogP contribution in [0.5, 0.6) is 5.75 Å². The molecule has 0 saturated heterocycles. The zero-order chi connectivity index (χ0) is 16.3. The second-order valence-electron chi connectivity index (χ2n) is 5.87. The Labute approximate surface area is 130 Å². The van der Waals surface area contributed by atoms with Crippen molar-refractivity contribution in [2.24, 2.45) is 11.7 Å². The lowest BCUT2D eigenvalue weighted by atomic mass is 10.1. The number of hydrogen-bond acceptors (Lipinski definition) is 4. The number of ether oxygens (including phenoxy) is 1. The number of anilines is 1. The Morgan fingerprint density at radius 3 is 2.59 bits per heavy atom. The minimum atomic E-state index is -0.124. The summed E-state index contributed by atoms with van der Waals surface area (Å²) in [5.74, 6) is 0.264. The Hall–Kier alpha value is -2.08. The molecule has 1 saturated carbocycles. The molecular formula is C16H23N3O3. The van der Waals surface area contributed by atoms with Gasteiger partial charge in [-0.2, -0.15) is 0 Å². The summed E-state index contributed by atoms with van der Waals surface area (Å²) in [5, 5.41) is 2.87. The van der Waals surface area contributed by atoms with Gasteiger partial charge in [-0.05, 0) is 37.5 Å². The molecule has 0 aromatic heterocycles. The smallest absolute Gasteiger partial charge is 0.253 e. The van der Waals surface area contributed by atoms with E-state index >= 15 is 0 Å². The third-order valence-corrected chi connectivity index (χ3v) is 3.95. The number of carbonyl (C=O) groups is 2. The molecule has 2 unspecified atom stereocenters. The molecule has 120 valence electrons. The Morgan fingerprint density at radius 2 is 2.05 bits per heavy atom. The van der Waals surface area contributed by atoms with Crippen molar-refractivity contribution in [3.63, 3.8) is 0 Å². The minimum absolute atomic E-state index is 0.0688. The normalized spacial score (nSPS) is 20.5. The predicted octanol–water partition coefficient (Wildman–Crippen LogP) is 1.46. The third-order valence-electron chi connectivity index (χ3n) is 3.95. The summed E-state index contributed by atoms with van der Waals surface area (Å²) in [6.07, 6.45) is 2.37. The van der Waals surface area contributed by atoms with E-state index in [-0.39, 0.29) is 23.8 Å². The molecule has 1 aromatic carbocycles. The molecule has 2 rings (SSSR count). The zero-order valence-corrected chi connectivity index (χ0v) is 13.3. The SMILES string of the molecule is COc1ccc(C(=O)N(C)C)cc1NC(=O)C1CCC(N)C1. The maximum atomic E-state index is 12.3. The van der Waals surface area contributed by atoms with Crippen molar-refractivity contribution < 1.29 is 14.3 Å². The number of rotatable bonds is 4. The number of benzene rings is 1. The summed E-state index contributed by atoms with van der Waals surface area (Å²) in [6, 6.07) is 5.11. The highest BCUT2D eigenvalue weighted by Gasteiger charge is 2.28. The fraction of sp³-hybridized carbons (Fsp3) is 0.500. The van der Waals surface area contributed by atoms with Crippen LogP contribution in [0.4, 0.5) is 5.69 Å². The summed E-state index contributed by atoms with van der Waals surface area (Å²) in [4.78, 5) is 25.9. The topological polar surface area (TPSA) is 84.7 Å². The Balaban J connectivity index is 2.19. The maximum absolute atomic E-state index is 12.3. The molecule has 0 aliphatic heterocycles. The first-order valence-corrected chi connectivity index (χ1v) is 7.38. The molecule has 1 aliphatic rings. The van der Waals surface area contributed by atoms with E-state index in [2.05, 4.69) is 5.32 Å². The first-order valence-electron chi connectivity index (χ1n) is 7.38. The van der Waals surface area contributed by atoms with Gasteiger partial charge in [0.05, 0.1) is 12.8 Å². The highest BCUT2D eigenvalue weighted by atomic mass is 16.5. The van der Waals surface area contributed by atoms with Crippen LogP contribution < -0.4 is 15.8 Å². The quantitative estimate of drug-likeness (QED) is 0.882. The van der Waals surface area contributed by atoms with Gasteiger partial charge < -0.3 is 20.7 Å². The van der Waals surface area contributed by atoms with Crippen LogP contribution in [0, 0.1) is 5.92 Å². The Kier molecular flexibility index (Phi) is 5.03. The average molecular weight is 305 g/mol. The highest BCUT2D eigenvalue weighted by Crippen LogP contribution is 2.29. The number of amides is 2. The lowest BCUT2D eigenvalue weighted by Crippen LogP contribution is -2.24. The van der Waals surface area contributed by atoms with E-state index in [0.717, 1.165) is 12.8 Å². The zero-order valence-electron chi connectivity index (χ0n) is 13.3. The van der Waals surface area contributed by atoms with Gasteiger partial charge in [0.2, 0.25) is 5.91 Å². The van der Waals surface area contributed by atoms with E-state index in [0.29, 0.717) is 23.4 Å². The molecule has 1 aromatic rings. The molecule has 22 heavy (non-hydrogen) atoms. The molecule has 0 spiro atoms. The van der Waals surface area contributed by atoms with Crippen LogP contribution in [0.25, 0.3) is 0 Å². The minimum Gasteiger partial charge on any atom is -0.495 e. The number of hydrogen-bond donors (Lipinski definition) is 2. The van der Waals surface area contributed by atoms with Crippen molar-refractivity contribution in [1.29, 1.82) is 0 Å². The summed E-state index contributed by atoms with van der Waals surface area (Å²) in [7, 11) is 4.90. The van der Waals surface area contributed by atoms with Crippen molar-refractivity contribution in [1.82, 2.24) is 4.90 Å². The van der Waals surface area contributed by atoms with Gasteiger partial charge in [0.1, 0.15) is 5.75 Å². The molecule has 6 nitrogen and oxygen atoms in total. The monoisotopic (exact) mass is 305 g/mol. The van der Waals surface area contributed by atoms with Gasteiger partial charge in [0, 0.05) is 31.6 Å². The van der Waals surface area contributed by atoms with Crippen LogP contribution in [0.3, 0.4) is 0 Å². The number of carbonyl (C=O) groups excluding carboxylic acids is 2. The third kappa shape index (κ3) is 3.57. The predicted molar refractivity (Wildman–Crippen MR) is 85.0 cm³/mol. The van der Waals surface area contributed by atoms with Gasteiger partial charge in [-0.1, -0.05) is 0 Å². The summed E-state index contributed by atoms with van der Waals surface area (Å²) in [6.45, 7) is 0. The summed E-state index contributed by atoms with van der Waals surface area (Å²) in [5.41, 5.74) is 6.87. The van der Waals surface area contributed by atoms with Crippen molar-refractivity contribution in [2.45, 2.75) is 25.3 Å². The lowest BCUT2D eigenvalue weighted by Gasteiger charge is -2.16. The first-order chi connectivity index (χ1) is 10.4. The van der Waals surface area contributed by atoms with E-state index < -0.39 is 0 Å². The van der Waals surface area contributed by atoms with E-state index in [1.54, 1.807) is 32.3 Å². The van der Waals surface area contributed by atoms with Crippen LogP contribution >= 0.6 is 0 Å². The first kappa shape index (κ1) is 16.3. The van der Waals surface area contributed by atoms with Gasteiger partial charge in [0.25, 0.3) is 5.91 Å². The van der Waals surface area contributed by atoms with Gasteiger partial charge in [0.15, 0.2) is 0 Å². The van der Waals surface area contributed by atoms with Crippen molar-refractivity contribution in [3.8, 4) is 5.75 Å². The highest BCUT2D eigenvalue weighted by molar-refractivity contribution is 5.98. The molecule has 1 aliphatic carbocycles. The van der Waals surface area contributed by atoms with Crippen LogP contribution in [0.1, 0.15) is 29.6 Å². The number of methoxy groups -OCH3 is 1. The largest absolute Gasteiger partial charge is 0.495 e. The van der Waals surface area contributed by atoms with E-state index in [4.69, 9.17) is 10.5 Å². The van der Waals surface area contributed by atoms with E-state index in [1.165, 1.54) is 12.0 Å². The number of nitrogens with two attached hydrogens (primary N) is 1. The van der Waals surface area contributed by atoms with Gasteiger partial charge in [-0.3, -0.25) is 9.59 Å². The van der Waals surface area contributed by atoms with Crippen LogP contribution in [0.2, 0.25) is 0 Å². The van der Waals surface area contributed by atoms with Crippen LogP contribution in [0.15, 0.2) is 18.2 Å². The van der Waals surface area contributed by atoms with E-state index in [9.17, 15) is 9.59 Å². The molecule has 6 heteroatoms. The lowest BCUT2D eigenvalue weighted by molar-refractivity contribution is -0.119. The number of nitrogens with zero attached hydrogens (tertiary/aromatic N) is 1. The second kappa shape index (κ2) is 6.79. The van der Waals surface area contributed by atoms with Crippen molar-refractivity contribution >= 4 is 17.5 Å². The van der Waals surface area contributed by atoms with Gasteiger partial charge in [-0.15, -0.1) is 0 Å². The average Bonchev–Trinajstić information content (AvgIpc) is 2.93. The molecule has 2 atom stereocenters. The Morgan fingerprint density at radius 1 is 1.32 bits per heavy atom.